The molecule has 0 bridgehead atoms. The summed E-state index contributed by atoms with van der Waals surface area (Å²) in [7, 11) is 0. The number of hydrogen-bond donors (Lipinski definition) is 1. The molecule has 0 atom stereocenters. The van der Waals surface area contributed by atoms with Crippen LogP contribution in [0.4, 0.5) is 0 Å². The highest BCUT2D eigenvalue weighted by molar-refractivity contribution is 5.92. The number of aromatic nitrogens is 2. The number of carbonyl (C=O) groups excluding carboxylic acids is 1. The Balaban J connectivity index is 0.00000128. The van der Waals surface area contributed by atoms with E-state index in [9.17, 15) is 9.90 Å². The van der Waals surface area contributed by atoms with Crippen LogP contribution < -0.4 is 0 Å². The molecule has 0 radical (unpaired) electrons. The van der Waals surface area contributed by atoms with Crippen molar-refractivity contribution < 1.29 is 9.90 Å². The van der Waals surface area contributed by atoms with Crippen molar-refractivity contribution in [1.82, 2.24) is 14.9 Å². The molecule has 1 N–H and O–H groups in total. The van der Waals surface area contributed by atoms with Gasteiger partial charge in [0.25, 0.3) is 5.91 Å². The highest BCUT2D eigenvalue weighted by Gasteiger charge is 2.22. The van der Waals surface area contributed by atoms with Crippen LogP contribution >= 0.6 is 12.4 Å². The van der Waals surface area contributed by atoms with E-state index in [-0.39, 0.29) is 24.4 Å². The van der Waals surface area contributed by atoms with Gasteiger partial charge in [-0.25, -0.2) is 4.98 Å². The molecule has 1 fully saturated rings. The highest BCUT2D eigenvalue weighted by Crippen LogP contribution is 2.12. The summed E-state index contributed by atoms with van der Waals surface area (Å²) in [5, 5.41) is 9.31. The highest BCUT2D eigenvalue weighted by atomic mass is 35.5. The number of rotatable bonds is 1. The number of amides is 1. The third kappa shape index (κ3) is 2.90. The van der Waals surface area contributed by atoms with E-state index in [0.717, 1.165) is 0 Å². The Kier molecular flexibility index (Phi) is 4.64. The Morgan fingerprint density at radius 3 is 2.62 bits per heavy atom. The zero-order chi connectivity index (χ0) is 10.7. The maximum absolute atomic E-state index is 11.8. The average molecular weight is 244 g/mol. The fraction of sp³-hybridized carbons (Fsp3) is 0.500. The standard InChI is InChI=1S/C10H13N3O2.ClH/c14-8-1-5-13(6-2-8)10(15)9-7-11-3-4-12-9;/h3-4,7-8,14H,1-2,5-6H2;1H. The molecule has 0 saturated carbocycles. The summed E-state index contributed by atoms with van der Waals surface area (Å²) in [6.07, 6.45) is 5.53. The Labute approximate surface area is 99.9 Å². The molecule has 1 saturated heterocycles. The molecule has 1 aliphatic heterocycles. The normalized spacial score (nSPS) is 16.7. The summed E-state index contributed by atoms with van der Waals surface area (Å²) in [4.78, 5) is 21.4. The molecule has 88 valence electrons. The molecule has 1 aromatic rings. The summed E-state index contributed by atoms with van der Waals surface area (Å²) in [6, 6.07) is 0. The first kappa shape index (κ1) is 12.9. The minimum absolute atomic E-state index is 0. The van der Waals surface area contributed by atoms with Gasteiger partial charge in [0.05, 0.1) is 12.3 Å². The number of hydrogen-bond acceptors (Lipinski definition) is 4. The Hall–Kier alpha value is -1.20. The molecular formula is C10H14ClN3O2. The van der Waals surface area contributed by atoms with Crippen molar-refractivity contribution in [3.05, 3.63) is 24.3 Å². The van der Waals surface area contributed by atoms with Crippen molar-refractivity contribution in [3.8, 4) is 0 Å². The van der Waals surface area contributed by atoms with Gasteiger partial charge in [-0.05, 0) is 12.8 Å². The SMILES string of the molecule is Cl.O=C(c1cnccn1)N1CCC(O)CC1. The number of aliphatic hydroxyl groups is 1. The molecule has 1 amide bonds. The lowest BCUT2D eigenvalue weighted by atomic mass is 10.1. The van der Waals surface area contributed by atoms with Gasteiger partial charge >= 0.3 is 0 Å². The van der Waals surface area contributed by atoms with Crippen molar-refractivity contribution in [3.63, 3.8) is 0 Å². The lowest BCUT2D eigenvalue weighted by Crippen LogP contribution is -2.40. The van der Waals surface area contributed by atoms with Crippen molar-refractivity contribution >= 4 is 18.3 Å². The fourth-order valence-corrected chi connectivity index (χ4v) is 1.64. The van der Waals surface area contributed by atoms with Crippen LogP contribution in [0.3, 0.4) is 0 Å². The smallest absolute Gasteiger partial charge is 0.274 e. The van der Waals surface area contributed by atoms with Gasteiger partial charge in [0, 0.05) is 25.5 Å². The third-order valence-electron chi connectivity index (χ3n) is 2.53. The topological polar surface area (TPSA) is 66.3 Å². The van der Waals surface area contributed by atoms with E-state index >= 15 is 0 Å². The monoisotopic (exact) mass is 243 g/mol. The summed E-state index contributed by atoms with van der Waals surface area (Å²) >= 11 is 0. The van der Waals surface area contributed by atoms with E-state index in [2.05, 4.69) is 9.97 Å². The van der Waals surface area contributed by atoms with E-state index in [0.29, 0.717) is 31.6 Å². The van der Waals surface area contributed by atoms with Crippen LogP contribution in [0, 0.1) is 0 Å². The van der Waals surface area contributed by atoms with Crippen LogP contribution in [0.2, 0.25) is 0 Å². The van der Waals surface area contributed by atoms with Gasteiger partial charge in [-0.1, -0.05) is 0 Å². The first-order valence-electron chi connectivity index (χ1n) is 5.01. The predicted molar refractivity (Wildman–Crippen MR) is 60.4 cm³/mol. The van der Waals surface area contributed by atoms with Gasteiger partial charge in [-0.3, -0.25) is 9.78 Å². The largest absolute Gasteiger partial charge is 0.393 e. The second-order valence-corrected chi connectivity index (χ2v) is 3.61. The molecule has 0 spiro atoms. The first-order valence-corrected chi connectivity index (χ1v) is 5.01. The fourth-order valence-electron chi connectivity index (χ4n) is 1.64. The van der Waals surface area contributed by atoms with Crippen LogP contribution in [0.15, 0.2) is 18.6 Å². The van der Waals surface area contributed by atoms with Crippen LogP contribution in [0.1, 0.15) is 23.3 Å². The van der Waals surface area contributed by atoms with Crippen molar-refractivity contribution in [1.29, 1.82) is 0 Å². The molecule has 2 heterocycles. The van der Waals surface area contributed by atoms with Crippen LogP contribution in [-0.2, 0) is 0 Å². The van der Waals surface area contributed by atoms with Gasteiger partial charge in [-0.15, -0.1) is 12.4 Å². The minimum atomic E-state index is -0.268. The van der Waals surface area contributed by atoms with Gasteiger partial charge in [-0.2, -0.15) is 0 Å². The van der Waals surface area contributed by atoms with Gasteiger partial charge in [0.1, 0.15) is 5.69 Å². The zero-order valence-electron chi connectivity index (χ0n) is 8.74. The van der Waals surface area contributed by atoms with E-state index < -0.39 is 0 Å². The van der Waals surface area contributed by atoms with Gasteiger partial charge < -0.3 is 10.0 Å². The van der Waals surface area contributed by atoms with Gasteiger partial charge in [0.15, 0.2) is 0 Å². The van der Waals surface area contributed by atoms with Crippen LogP contribution in [0.5, 0.6) is 0 Å². The van der Waals surface area contributed by atoms with E-state index in [4.69, 9.17) is 0 Å². The summed E-state index contributed by atoms with van der Waals surface area (Å²) in [6.45, 7) is 1.19. The number of aliphatic hydroxyl groups excluding tert-OH is 1. The average Bonchev–Trinajstić information content (AvgIpc) is 2.30. The van der Waals surface area contributed by atoms with E-state index in [1.807, 2.05) is 0 Å². The molecule has 0 aliphatic carbocycles. The molecule has 0 unspecified atom stereocenters. The summed E-state index contributed by atoms with van der Waals surface area (Å²) in [5.74, 6) is -0.102. The second-order valence-electron chi connectivity index (χ2n) is 3.61. The molecule has 5 nitrogen and oxygen atoms in total. The van der Waals surface area contributed by atoms with Crippen molar-refractivity contribution in [2.75, 3.05) is 13.1 Å². The van der Waals surface area contributed by atoms with E-state index in [1.165, 1.54) is 18.6 Å². The number of halogens is 1. The molecule has 1 aromatic heterocycles. The molecule has 0 aromatic carbocycles. The number of likely N-dealkylation sites (tertiary alicyclic amines) is 1. The number of nitrogens with zero attached hydrogens (tertiary/aromatic N) is 3. The molecule has 16 heavy (non-hydrogen) atoms. The number of carbonyl (C=O) groups is 1. The molecular weight excluding hydrogens is 230 g/mol. The van der Waals surface area contributed by atoms with Gasteiger partial charge in [0.2, 0.25) is 0 Å². The molecule has 2 rings (SSSR count). The van der Waals surface area contributed by atoms with E-state index in [1.54, 1.807) is 4.90 Å². The van der Waals surface area contributed by atoms with Crippen LogP contribution in [-0.4, -0.2) is 45.1 Å². The second kappa shape index (κ2) is 5.77. The lowest BCUT2D eigenvalue weighted by Gasteiger charge is -2.29. The Bertz CT molecular complexity index is 339. The lowest BCUT2D eigenvalue weighted by molar-refractivity contribution is 0.0541. The zero-order valence-corrected chi connectivity index (χ0v) is 9.56. The van der Waals surface area contributed by atoms with Crippen molar-refractivity contribution in [2.45, 2.75) is 18.9 Å². The van der Waals surface area contributed by atoms with Crippen LogP contribution in [0.25, 0.3) is 0 Å². The molecule has 6 heteroatoms. The third-order valence-corrected chi connectivity index (χ3v) is 2.53. The molecule has 1 aliphatic rings. The number of piperidine rings is 1. The maximum atomic E-state index is 11.8. The Morgan fingerprint density at radius 1 is 1.38 bits per heavy atom. The van der Waals surface area contributed by atoms with Crippen molar-refractivity contribution in [2.24, 2.45) is 0 Å². The minimum Gasteiger partial charge on any atom is -0.393 e. The quantitative estimate of drug-likeness (QED) is 0.780. The summed E-state index contributed by atoms with van der Waals surface area (Å²) in [5.41, 5.74) is 0.369. The Morgan fingerprint density at radius 2 is 2.06 bits per heavy atom. The summed E-state index contributed by atoms with van der Waals surface area (Å²) < 4.78 is 0. The maximum Gasteiger partial charge on any atom is 0.274 e. The first-order chi connectivity index (χ1) is 7.27. The predicted octanol–water partition coefficient (Wildman–Crippen LogP) is 0.495.